The Balaban J connectivity index is 2.82. The Kier molecular flexibility index (Phi) is 2.90. The standard InChI is InChI=1S/C10H13FN2/c1-3-7(2)13-10-5-8(11)4-9(12)6-10/h3-7,13H,1,12H2,2H3. The molecule has 0 fully saturated rings. The number of hydrogen-bond donors (Lipinski definition) is 2. The lowest BCUT2D eigenvalue weighted by Crippen LogP contribution is -2.11. The molecular weight excluding hydrogens is 167 g/mol. The van der Waals surface area contributed by atoms with Crippen LogP contribution in [0.15, 0.2) is 30.9 Å². The number of nitrogen functional groups attached to an aromatic ring is 1. The van der Waals surface area contributed by atoms with Gasteiger partial charge in [0.05, 0.1) is 0 Å². The van der Waals surface area contributed by atoms with Crippen LogP contribution in [0.4, 0.5) is 15.8 Å². The topological polar surface area (TPSA) is 38.0 Å². The Morgan fingerprint density at radius 3 is 2.77 bits per heavy atom. The van der Waals surface area contributed by atoms with E-state index in [9.17, 15) is 4.39 Å². The summed E-state index contributed by atoms with van der Waals surface area (Å²) < 4.78 is 12.8. The van der Waals surface area contributed by atoms with Crippen LogP contribution in [0.2, 0.25) is 0 Å². The lowest BCUT2D eigenvalue weighted by molar-refractivity contribution is 0.629. The van der Waals surface area contributed by atoms with Gasteiger partial charge < -0.3 is 11.1 Å². The van der Waals surface area contributed by atoms with E-state index in [-0.39, 0.29) is 11.9 Å². The van der Waals surface area contributed by atoms with E-state index in [0.29, 0.717) is 11.4 Å². The summed E-state index contributed by atoms with van der Waals surface area (Å²) in [5.41, 5.74) is 6.56. The molecular formula is C10H13FN2. The summed E-state index contributed by atoms with van der Waals surface area (Å²) in [6.45, 7) is 5.54. The Hall–Kier alpha value is -1.51. The molecule has 0 heterocycles. The fourth-order valence-electron chi connectivity index (χ4n) is 1.02. The van der Waals surface area contributed by atoms with Gasteiger partial charge in [0.1, 0.15) is 5.82 Å². The van der Waals surface area contributed by atoms with Crippen molar-refractivity contribution in [2.24, 2.45) is 0 Å². The van der Waals surface area contributed by atoms with Crippen LogP contribution < -0.4 is 11.1 Å². The van der Waals surface area contributed by atoms with Crippen molar-refractivity contribution in [2.45, 2.75) is 13.0 Å². The molecule has 0 aliphatic carbocycles. The van der Waals surface area contributed by atoms with Crippen LogP contribution in [0.3, 0.4) is 0 Å². The molecule has 70 valence electrons. The molecule has 2 nitrogen and oxygen atoms in total. The van der Waals surface area contributed by atoms with Gasteiger partial charge in [-0.3, -0.25) is 0 Å². The van der Waals surface area contributed by atoms with E-state index < -0.39 is 0 Å². The SMILES string of the molecule is C=CC(C)Nc1cc(N)cc(F)c1. The zero-order valence-corrected chi connectivity index (χ0v) is 7.55. The zero-order valence-electron chi connectivity index (χ0n) is 7.55. The first-order valence-electron chi connectivity index (χ1n) is 4.07. The number of anilines is 2. The van der Waals surface area contributed by atoms with Crippen LogP contribution in [-0.4, -0.2) is 6.04 Å². The summed E-state index contributed by atoms with van der Waals surface area (Å²) in [5.74, 6) is -0.334. The first-order valence-corrected chi connectivity index (χ1v) is 4.07. The zero-order chi connectivity index (χ0) is 9.84. The van der Waals surface area contributed by atoms with Crippen molar-refractivity contribution in [3.63, 3.8) is 0 Å². The van der Waals surface area contributed by atoms with Crippen LogP contribution >= 0.6 is 0 Å². The first kappa shape index (κ1) is 9.58. The monoisotopic (exact) mass is 180 g/mol. The number of hydrogen-bond acceptors (Lipinski definition) is 2. The van der Waals surface area contributed by atoms with Crippen molar-refractivity contribution in [3.8, 4) is 0 Å². The van der Waals surface area contributed by atoms with Gasteiger partial charge in [-0.25, -0.2) is 4.39 Å². The third-order valence-corrected chi connectivity index (χ3v) is 1.67. The molecule has 3 N–H and O–H groups in total. The summed E-state index contributed by atoms with van der Waals surface area (Å²) >= 11 is 0. The van der Waals surface area contributed by atoms with Gasteiger partial charge in [-0.1, -0.05) is 6.08 Å². The fraction of sp³-hybridized carbons (Fsp3) is 0.200. The quantitative estimate of drug-likeness (QED) is 0.553. The maximum absolute atomic E-state index is 12.8. The highest BCUT2D eigenvalue weighted by molar-refractivity contribution is 5.55. The third kappa shape index (κ3) is 2.78. The number of benzene rings is 1. The highest BCUT2D eigenvalue weighted by atomic mass is 19.1. The number of nitrogens with one attached hydrogen (secondary N) is 1. The van der Waals surface area contributed by atoms with Crippen LogP contribution in [0.5, 0.6) is 0 Å². The van der Waals surface area contributed by atoms with E-state index in [1.54, 1.807) is 12.1 Å². The molecule has 0 aromatic heterocycles. The van der Waals surface area contributed by atoms with Gasteiger partial charge in [-0.05, 0) is 25.1 Å². The van der Waals surface area contributed by atoms with E-state index >= 15 is 0 Å². The van der Waals surface area contributed by atoms with E-state index in [0.717, 1.165) is 0 Å². The van der Waals surface area contributed by atoms with E-state index in [2.05, 4.69) is 11.9 Å². The molecule has 0 aliphatic rings. The minimum absolute atomic E-state index is 0.0983. The Labute approximate surface area is 77.3 Å². The van der Waals surface area contributed by atoms with Crippen LogP contribution in [0.1, 0.15) is 6.92 Å². The summed E-state index contributed by atoms with van der Waals surface area (Å²) in [6, 6.07) is 4.46. The maximum atomic E-state index is 12.8. The minimum atomic E-state index is -0.334. The highest BCUT2D eigenvalue weighted by Crippen LogP contribution is 2.16. The average Bonchev–Trinajstić information content (AvgIpc) is 2.02. The molecule has 0 amide bonds. The van der Waals surface area contributed by atoms with Crippen LogP contribution in [0.25, 0.3) is 0 Å². The fourth-order valence-corrected chi connectivity index (χ4v) is 1.02. The molecule has 0 spiro atoms. The van der Waals surface area contributed by atoms with Crippen LogP contribution in [0, 0.1) is 5.82 Å². The second-order valence-electron chi connectivity index (χ2n) is 2.94. The molecule has 3 heteroatoms. The number of halogens is 1. The van der Waals surface area contributed by atoms with Gasteiger partial charge in [-0.2, -0.15) is 0 Å². The molecule has 1 aromatic rings. The van der Waals surface area contributed by atoms with E-state index in [4.69, 9.17) is 5.73 Å². The smallest absolute Gasteiger partial charge is 0.127 e. The molecule has 1 rings (SSSR count). The Morgan fingerprint density at radius 2 is 2.23 bits per heavy atom. The molecule has 13 heavy (non-hydrogen) atoms. The van der Waals surface area contributed by atoms with Crippen molar-refractivity contribution >= 4 is 11.4 Å². The van der Waals surface area contributed by atoms with Crippen molar-refractivity contribution in [2.75, 3.05) is 11.1 Å². The Bertz CT molecular complexity index is 290. The highest BCUT2D eigenvalue weighted by Gasteiger charge is 2.00. The molecule has 0 bridgehead atoms. The molecule has 1 unspecified atom stereocenters. The average molecular weight is 180 g/mol. The summed E-state index contributed by atoms with van der Waals surface area (Å²) in [5, 5.41) is 3.04. The van der Waals surface area contributed by atoms with Gasteiger partial charge in [0.25, 0.3) is 0 Å². The largest absolute Gasteiger partial charge is 0.399 e. The second-order valence-corrected chi connectivity index (χ2v) is 2.94. The lowest BCUT2D eigenvalue weighted by Gasteiger charge is -2.11. The molecule has 0 radical (unpaired) electrons. The molecule has 1 atom stereocenters. The maximum Gasteiger partial charge on any atom is 0.127 e. The van der Waals surface area contributed by atoms with Crippen molar-refractivity contribution < 1.29 is 4.39 Å². The van der Waals surface area contributed by atoms with Crippen molar-refractivity contribution in [1.82, 2.24) is 0 Å². The summed E-state index contributed by atoms with van der Waals surface area (Å²) in [6.07, 6.45) is 1.74. The molecule has 1 aromatic carbocycles. The predicted molar refractivity (Wildman–Crippen MR) is 54.1 cm³/mol. The summed E-state index contributed by atoms with van der Waals surface area (Å²) in [7, 11) is 0. The number of rotatable bonds is 3. The lowest BCUT2D eigenvalue weighted by atomic mass is 10.2. The van der Waals surface area contributed by atoms with Gasteiger partial charge >= 0.3 is 0 Å². The predicted octanol–water partition coefficient (Wildman–Crippen LogP) is 2.39. The van der Waals surface area contributed by atoms with E-state index in [1.807, 2.05) is 6.92 Å². The van der Waals surface area contributed by atoms with Crippen molar-refractivity contribution in [1.29, 1.82) is 0 Å². The van der Waals surface area contributed by atoms with Gasteiger partial charge in [-0.15, -0.1) is 6.58 Å². The first-order chi connectivity index (χ1) is 6.11. The van der Waals surface area contributed by atoms with Crippen molar-refractivity contribution in [3.05, 3.63) is 36.7 Å². The number of nitrogens with two attached hydrogens (primary N) is 1. The molecule has 0 saturated carbocycles. The third-order valence-electron chi connectivity index (χ3n) is 1.67. The molecule has 0 aliphatic heterocycles. The normalized spacial score (nSPS) is 12.2. The molecule has 0 saturated heterocycles. The van der Waals surface area contributed by atoms with Gasteiger partial charge in [0.15, 0.2) is 0 Å². The van der Waals surface area contributed by atoms with Gasteiger partial charge in [0.2, 0.25) is 0 Å². The van der Waals surface area contributed by atoms with Gasteiger partial charge in [0, 0.05) is 17.4 Å². The van der Waals surface area contributed by atoms with Crippen LogP contribution in [-0.2, 0) is 0 Å². The minimum Gasteiger partial charge on any atom is -0.399 e. The van der Waals surface area contributed by atoms with E-state index in [1.165, 1.54) is 12.1 Å². The summed E-state index contributed by atoms with van der Waals surface area (Å²) in [4.78, 5) is 0. The Morgan fingerprint density at radius 1 is 1.54 bits per heavy atom. The second kappa shape index (κ2) is 3.94.